The highest BCUT2D eigenvalue weighted by molar-refractivity contribution is 5.37. The van der Waals surface area contributed by atoms with Crippen LogP contribution in [0.5, 0.6) is 5.75 Å². The van der Waals surface area contributed by atoms with Crippen molar-refractivity contribution >= 4 is 0 Å². The molecule has 2 rings (SSSR count). The predicted molar refractivity (Wildman–Crippen MR) is 89.2 cm³/mol. The summed E-state index contributed by atoms with van der Waals surface area (Å²) >= 11 is 0. The topological polar surface area (TPSA) is 51.5 Å². The molecule has 0 bridgehead atoms. The van der Waals surface area contributed by atoms with E-state index in [0.717, 1.165) is 25.7 Å². The van der Waals surface area contributed by atoms with Gasteiger partial charge >= 0.3 is 6.11 Å². The van der Waals surface area contributed by atoms with Crippen LogP contribution in [0, 0.1) is 28.9 Å². The number of alkyl halides is 2. The first-order valence-corrected chi connectivity index (χ1v) is 9.03. The van der Waals surface area contributed by atoms with Crippen LogP contribution in [0.3, 0.4) is 0 Å². The zero-order valence-corrected chi connectivity index (χ0v) is 15.2. The molecule has 27 heavy (non-hydrogen) atoms. The van der Waals surface area contributed by atoms with Crippen LogP contribution in [0.1, 0.15) is 51.0 Å². The first-order chi connectivity index (χ1) is 12.8. The summed E-state index contributed by atoms with van der Waals surface area (Å²) in [5.74, 6) is -2.92. The van der Waals surface area contributed by atoms with Gasteiger partial charge in [0.15, 0.2) is 6.29 Å². The third kappa shape index (κ3) is 6.67. The molecule has 0 N–H and O–H groups in total. The van der Waals surface area contributed by atoms with Gasteiger partial charge in [-0.15, -0.1) is 0 Å². The fraction of sp³-hybridized carbons (Fsp3) is 0.632. The van der Waals surface area contributed by atoms with Crippen molar-refractivity contribution in [2.75, 3.05) is 13.2 Å². The lowest BCUT2D eigenvalue weighted by Crippen LogP contribution is -2.34. The van der Waals surface area contributed by atoms with Gasteiger partial charge in [-0.3, -0.25) is 0 Å². The van der Waals surface area contributed by atoms with Crippen LogP contribution in [0.15, 0.2) is 12.1 Å². The number of hydrogen-bond acceptors (Lipinski definition) is 4. The van der Waals surface area contributed by atoms with E-state index in [9.17, 15) is 17.6 Å². The molecular formula is C19H23F4NO3. The van der Waals surface area contributed by atoms with Gasteiger partial charge in [-0.2, -0.15) is 14.0 Å². The molecule has 0 radical (unpaired) electrons. The van der Waals surface area contributed by atoms with Gasteiger partial charge in [-0.05, 0) is 6.42 Å². The Kier molecular flexibility index (Phi) is 7.87. The second-order valence-electron chi connectivity index (χ2n) is 6.61. The molecule has 1 saturated heterocycles. The van der Waals surface area contributed by atoms with E-state index in [-0.39, 0.29) is 12.3 Å². The molecule has 0 spiro atoms. The summed E-state index contributed by atoms with van der Waals surface area (Å²) in [6.45, 7) is 3.05. The summed E-state index contributed by atoms with van der Waals surface area (Å²) in [6, 6.07) is 2.43. The lowest BCUT2D eigenvalue weighted by molar-refractivity contribution is -0.229. The van der Waals surface area contributed by atoms with Crippen LogP contribution in [0.2, 0.25) is 0 Å². The van der Waals surface area contributed by atoms with E-state index in [2.05, 4.69) is 11.7 Å². The number of nitriles is 1. The van der Waals surface area contributed by atoms with Gasteiger partial charge in [-0.1, -0.05) is 26.2 Å². The Morgan fingerprint density at radius 1 is 1.15 bits per heavy atom. The van der Waals surface area contributed by atoms with Crippen LogP contribution in [0.4, 0.5) is 17.6 Å². The monoisotopic (exact) mass is 389 g/mol. The van der Waals surface area contributed by atoms with E-state index < -0.39 is 41.8 Å². The maximum atomic E-state index is 13.9. The molecule has 1 heterocycles. The molecule has 0 aliphatic carbocycles. The number of nitrogens with zero attached hydrogens (tertiary/aromatic N) is 1. The van der Waals surface area contributed by atoms with E-state index in [1.807, 2.05) is 0 Å². The smallest absolute Gasteiger partial charge is 0.398 e. The summed E-state index contributed by atoms with van der Waals surface area (Å²) in [7, 11) is 0. The highest BCUT2D eigenvalue weighted by Crippen LogP contribution is 2.30. The highest BCUT2D eigenvalue weighted by atomic mass is 19.3. The van der Waals surface area contributed by atoms with E-state index in [4.69, 9.17) is 14.7 Å². The number of halogens is 4. The summed E-state index contributed by atoms with van der Waals surface area (Å²) in [5.41, 5.74) is -0.844. The first kappa shape index (κ1) is 21.5. The number of rotatable bonds is 9. The Labute approximate surface area is 156 Å². The predicted octanol–water partition coefficient (Wildman–Crippen LogP) is 5.16. The molecule has 0 atom stereocenters. The third-order valence-electron chi connectivity index (χ3n) is 4.32. The van der Waals surface area contributed by atoms with Crippen molar-refractivity contribution in [3.8, 4) is 11.8 Å². The van der Waals surface area contributed by atoms with Gasteiger partial charge in [0, 0.05) is 24.5 Å². The Hall–Kier alpha value is -1.85. The van der Waals surface area contributed by atoms with Crippen LogP contribution in [-0.2, 0) is 9.47 Å². The van der Waals surface area contributed by atoms with Gasteiger partial charge in [-0.25, -0.2) is 8.78 Å². The largest absolute Gasteiger partial charge is 0.432 e. The summed E-state index contributed by atoms with van der Waals surface area (Å²) in [5, 5.41) is 8.58. The van der Waals surface area contributed by atoms with Gasteiger partial charge < -0.3 is 14.2 Å². The molecule has 1 aliphatic heterocycles. The van der Waals surface area contributed by atoms with Crippen molar-refractivity contribution in [2.45, 2.75) is 57.8 Å². The molecule has 1 aromatic rings. The van der Waals surface area contributed by atoms with Crippen molar-refractivity contribution in [3.63, 3.8) is 0 Å². The van der Waals surface area contributed by atoms with E-state index >= 15 is 0 Å². The standard InChI is InChI=1S/C19H23F4NO3/c1-2-3-4-5-13-11-25-18(26-12-13)6-7-19(22,23)27-14-8-16(20)15(10-24)17(21)9-14/h8-9,13,18H,2-7,11-12H2,1H3. The highest BCUT2D eigenvalue weighted by Gasteiger charge is 2.34. The third-order valence-corrected chi connectivity index (χ3v) is 4.32. The average Bonchev–Trinajstić information content (AvgIpc) is 2.61. The molecule has 1 aliphatic rings. The van der Waals surface area contributed by atoms with Crippen molar-refractivity contribution in [3.05, 3.63) is 29.3 Å². The van der Waals surface area contributed by atoms with Gasteiger partial charge in [0.2, 0.25) is 0 Å². The maximum Gasteiger partial charge on any atom is 0.398 e. The summed E-state index contributed by atoms with van der Waals surface area (Å²) in [6.07, 6.45) is -0.928. The molecule has 1 aromatic carbocycles. The summed E-state index contributed by atoms with van der Waals surface area (Å²) < 4.78 is 70.2. The zero-order chi connectivity index (χ0) is 19.9. The molecule has 1 fully saturated rings. The number of benzene rings is 1. The quantitative estimate of drug-likeness (QED) is 0.433. The van der Waals surface area contributed by atoms with Crippen molar-refractivity contribution in [1.82, 2.24) is 0 Å². The normalized spacial score (nSPS) is 20.3. The second kappa shape index (κ2) is 9.90. The minimum Gasteiger partial charge on any atom is -0.432 e. The maximum absolute atomic E-state index is 13.9. The number of unbranched alkanes of at least 4 members (excludes halogenated alkanes) is 2. The minimum atomic E-state index is -3.66. The van der Waals surface area contributed by atoms with E-state index in [1.165, 1.54) is 6.07 Å². The Morgan fingerprint density at radius 3 is 2.33 bits per heavy atom. The average molecular weight is 389 g/mol. The Morgan fingerprint density at radius 2 is 1.78 bits per heavy atom. The lowest BCUT2D eigenvalue weighted by Gasteiger charge is -2.30. The van der Waals surface area contributed by atoms with Gasteiger partial charge in [0.25, 0.3) is 0 Å². The zero-order valence-electron chi connectivity index (χ0n) is 15.2. The van der Waals surface area contributed by atoms with E-state index in [0.29, 0.717) is 25.3 Å². The molecule has 0 saturated carbocycles. The van der Waals surface area contributed by atoms with Crippen molar-refractivity contribution in [1.29, 1.82) is 5.26 Å². The first-order valence-electron chi connectivity index (χ1n) is 9.03. The Bertz CT molecular complexity index is 632. The minimum absolute atomic E-state index is 0.115. The molecule has 0 aromatic heterocycles. The fourth-order valence-corrected chi connectivity index (χ4v) is 2.82. The number of ether oxygens (including phenoxy) is 3. The molecular weight excluding hydrogens is 366 g/mol. The van der Waals surface area contributed by atoms with Gasteiger partial charge in [0.05, 0.1) is 19.6 Å². The molecule has 4 nitrogen and oxygen atoms in total. The molecule has 0 amide bonds. The van der Waals surface area contributed by atoms with Crippen LogP contribution >= 0.6 is 0 Å². The second-order valence-corrected chi connectivity index (χ2v) is 6.61. The van der Waals surface area contributed by atoms with Crippen LogP contribution < -0.4 is 4.74 Å². The summed E-state index contributed by atoms with van der Waals surface area (Å²) in [4.78, 5) is 0. The van der Waals surface area contributed by atoms with Crippen LogP contribution in [-0.4, -0.2) is 25.6 Å². The molecule has 8 heteroatoms. The van der Waals surface area contributed by atoms with Crippen molar-refractivity contribution in [2.24, 2.45) is 5.92 Å². The fourth-order valence-electron chi connectivity index (χ4n) is 2.82. The molecule has 150 valence electrons. The van der Waals surface area contributed by atoms with Gasteiger partial charge in [0.1, 0.15) is 29.0 Å². The Balaban J connectivity index is 1.80. The lowest BCUT2D eigenvalue weighted by atomic mass is 10.0. The number of hydrogen-bond donors (Lipinski definition) is 0. The SMILES string of the molecule is CCCCCC1COC(CCC(F)(F)Oc2cc(F)c(C#N)c(F)c2)OC1. The van der Waals surface area contributed by atoms with Crippen molar-refractivity contribution < 1.29 is 31.8 Å². The van der Waals surface area contributed by atoms with E-state index in [1.54, 1.807) is 0 Å². The van der Waals surface area contributed by atoms with Crippen LogP contribution in [0.25, 0.3) is 0 Å². The molecule has 0 unspecified atom stereocenters.